The number of rotatable bonds is 4. The van der Waals surface area contributed by atoms with E-state index in [-0.39, 0.29) is 18.0 Å². The summed E-state index contributed by atoms with van der Waals surface area (Å²) in [7, 11) is 0. The van der Waals surface area contributed by atoms with Gasteiger partial charge in [-0.2, -0.15) is 5.10 Å². The number of anilines is 1. The van der Waals surface area contributed by atoms with Crippen molar-refractivity contribution in [3.05, 3.63) is 33.3 Å². The zero-order chi connectivity index (χ0) is 14.9. The molecule has 0 bridgehead atoms. The molecule has 0 spiro atoms. The minimum absolute atomic E-state index is 0.136. The fourth-order valence-corrected chi connectivity index (χ4v) is 2.09. The highest BCUT2D eigenvalue weighted by molar-refractivity contribution is 5.91. The number of amides is 1. The quantitative estimate of drug-likeness (QED) is 0.782. The lowest BCUT2D eigenvalue weighted by Gasteiger charge is -2.06. The van der Waals surface area contributed by atoms with Crippen molar-refractivity contribution in [2.75, 3.05) is 5.32 Å². The summed E-state index contributed by atoms with van der Waals surface area (Å²) in [5.41, 5.74) is 3.80. The van der Waals surface area contributed by atoms with Gasteiger partial charge in [0.15, 0.2) is 0 Å². The maximum atomic E-state index is 11.9. The second kappa shape index (κ2) is 5.36. The van der Waals surface area contributed by atoms with Crippen LogP contribution in [0.1, 0.15) is 29.2 Å². The number of hydrogen-bond donors (Lipinski definition) is 3. The van der Waals surface area contributed by atoms with E-state index < -0.39 is 0 Å². The van der Waals surface area contributed by atoms with E-state index >= 15 is 0 Å². The number of nitrogens with zero attached hydrogens (tertiary/aromatic N) is 2. The first kappa shape index (κ1) is 14.1. The number of nitrogens with one attached hydrogen (secondary N) is 3. The molecule has 2 rings (SSSR count). The molecule has 108 valence electrons. The predicted molar refractivity (Wildman–Crippen MR) is 75.8 cm³/mol. The second-order valence-electron chi connectivity index (χ2n) is 4.90. The molecule has 2 aromatic rings. The Hall–Kier alpha value is -2.31. The predicted octanol–water partition coefficient (Wildman–Crippen LogP) is 1.16. The van der Waals surface area contributed by atoms with Gasteiger partial charge in [-0.1, -0.05) is 0 Å². The molecule has 0 radical (unpaired) electrons. The van der Waals surface area contributed by atoms with Crippen LogP contribution in [0.4, 0.5) is 5.69 Å². The van der Waals surface area contributed by atoms with Crippen molar-refractivity contribution in [3.63, 3.8) is 0 Å². The molecule has 0 unspecified atom stereocenters. The summed E-state index contributed by atoms with van der Waals surface area (Å²) in [6.45, 7) is 7.72. The zero-order valence-corrected chi connectivity index (χ0v) is 12.1. The molecule has 0 aliphatic rings. The Morgan fingerprint density at radius 3 is 2.45 bits per heavy atom. The summed E-state index contributed by atoms with van der Waals surface area (Å²) in [6.07, 6.45) is 0.238. The molecule has 0 aromatic carbocycles. The van der Waals surface area contributed by atoms with Gasteiger partial charge in [-0.3, -0.25) is 14.5 Å². The zero-order valence-electron chi connectivity index (χ0n) is 12.1. The van der Waals surface area contributed by atoms with Gasteiger partial charge in [-0.25, -0.2) is 4.79 Å². The summed E-state index contributed by atoms with van der Waals surface area (Å²) in [5, 5.41) is 9.65. The monoisotopic (exact) mass is 277 g/mol. The summed E-state index contributed by atoms with van der Waals surface area (Å²) in [6, 6.07) is 0. The average Bonchev–Trinajstić information content (AvgIpc) is 2.82. The van der Waals surface area contributed by atoms with E-state index in [1.165, 1.54) is 0 Å². The van der Waals surface area contributed by atoms with Gasteiger partial charge in [-0.15, -0.1) is 0 Å². The summed E-state index contributed by atoms with van der Waals surface area (Å²) >= 11 is 0. The molecule has 3 N–H and O–H groups in total. The SMILES string of the molecule is Cc1n[nH]c(C)c1NC(=O)CCn1c(C)c(C)[nH]c1=O. The molecule has 2 heterocycles. The molecule has 0 atom stereocenters. The Bertz CT molecular complexity index is 673. The van der Waals surface area contributed by atoms with Gasteiger partial charge < -0.3 is 10.3 Å². The normalized spacial score (nSPS) is 10.8. The largest absolute Gasteiger partial charge is 0.325 e. The van der Waals surface area contributed by atoms with Gasteiger partial charge in [0.25, 0.3) is 0 Å². The Balaban J connectivity index is 2.01. The van der Waals surface area contributed by atoms with Gasteiger partial charge in [0.1, 0.15) is 0 Å². The number of carbonyl (C=O) groups excluding carboxylic acids is 1. The minimum Gasteiger partial charge on any atom is -0.323 e. The van der Waals surface area contributed by atoms with E-state index in [0.717, 1.165) is 22.8 Å². The number of hydrogen-bond acceptors (Lipinski definition) is 3. The third-order valence-corrected chi connectivity index (χ3v) is 3.44. The molecule has 0 saturated heterocycles. The van der Waals surface area contributed by atoms with Crippen molar-refractivity contribution < 1.29 is 4.79 Å². The maximum absolute atomic E-state index is 11.9. The Labute approximate surface area is 116 Å². The Morgan fingerprint density at radius 1 is 1.25 bits per heavy atom. The van der Waals surface area contributed by atoms with E-state index in [1.807, 2.05) is 27.7 Å². The molecular weight excluding hydrogens is 258 g/mol. The van der Waals surface area contributed by atoms with Crippen molar-refractivity contribution >= 4 is 11.6 Å². The van der Waals surface area contributed by atoms with Gasteiger partial charge >= 0.3 is 5.69 Å². The number of carbonyl (C=O) groups is 1. The van der Waals surface area contributed by atoms with E-state index in [0.29, 0.717) is 12.2 Å². The van der Waals surface area contributed by atoms with Crippen LogP contribution < -0.4 is 11.0 Å². The van der Waals surface area contributed by atoms with Crippen molar-refractivity contribution in [2.24, 2.45) is 0 Å². The van der Waals surface area contributed by atoms with Crippen LogP contribution in [0, 0.1) is 27.7 Å². The van der Waals surface area contributed by atoms with Crippen LogP contribution in [0.3, 0.4) is 0 Å². The van der Waals surface area contributed by atoms with Crippen LogP contribution in [0.2, 0.25) is 0 Å². The number of aromatic nitrogens is 4. The lowest BCUT2D eigenvalue weighted by atomic mass is 10.3. The van der Waals surface area contributed by atoms with Gasteiger partial charge in [0, 0.05) is 24.4 Å². The molecule has 20 heavy (non-hydrogen) atoms. The first-order chi connectivity index (χ1) is 9.40. The first-order valence-corrected chi connectivity index (χ1v) is 6.47. The van der Waals surface area contributed by atoms with Crippen molar-refractivity contribution in [3.8, 4) is 0 Å². The molecule has 0 fully saturated rings. The molecule has 7 heteroatoms. The highest BCUT2D eigenvalue weighted by atomic mass is 16.2. The van der Waals surface area contributed by atoms with Crippen LogP contribution in [0.15, 0.2) is 4.79 Å². The molecule has 0 aliphatic carbocycles. The lowest BCUT2D eigenvalue weighted by molar-refractivity contribution is -0.116. The highest BCUT2D eigenvalue weighted by Gasteiger charge is 2.12. The van der Waals surface area contributed by atoms with Crippen molar-refractivity contribution in [2.45, 2.75) is 40.7 Å². The molecule has 0 aliphatic heterocycles. The molecule has 1 amide bonds. The number of imidazole rings is 1. The van der Waals surface area contributed by atoms with Crippen LogP contribution in [-0.2, 0) is 11.3 Å². The van der Waals surface area contributed by atoms with Gasteiger partial charge in [0.2, 0.25) is 5.91 Å². The van der Waals surface area contributed by atoms with E-state index in [4.69, 9.17) is 0 Å². The van der Waals surface area contributed by atoms with Gasteiger partial charge in [0.05, 0.1) is 17.1 Å². The van der Waals surface area contributed by atoms with E-state index in [9.17, 15) is 9.59 Å². The smallest absolute Gasteiger partial charge is 0.323 e. The topological polar surface area (TPSA) is 95.6 Å². The van der Waals surface area contributed by atoms with Crippen LogP contribution >= 0.6 is 0 Å². The standard InChI is InChI=1S/C13H19N5O2/c1-7-10(4)18(13(20)14-7)6-5-11(19)15-12-8(2)16-17-9(12)3/h5-6H2,1-4H3,(H,14,20)(H,15,19)(H,16,17). The fraction of sp³-hybridized carbons (Fsp3) is 0.462. The summed E-state index contributed by atoms with van der Waals surface area (Å²) < 4.78 is 1.57. The summed E-state index contributed by atoms with van der Waals surface area (Å²) in [4.78, 5) is 26.3. The Morgan fingerprint density at radius 2 is 1.95 bits per heavy atom. The average molecular weight is 277 g/mol. The molecule has 0 saturated carbocycles. The van der Waals surface area contributed by atoms with Crippen LogP contribution in [-0.4, -0.2) is 25.7 Å². The molecular formula is C13H19N5O2. The van der Waals surface area contributed by atoms with Crippen LogP contribution in [0.25, 0.3) is 0 Å². The van der Waals surface area contributed by atoms with Crippen molar-refractivity contribution in [1.82, 2.24) is 19.7 Å². The maximum Gasteiger partial charge on any atom is 0.325 e. The Kier molecular flexibility index (Phi) is 3.78. The van der Waals surface area contributed by atoms with Crippen LogP contribution in [0.5, 0.6) is 0 Å². The fourth-order valence-electron chi connectivity index (χ4n) is 2.09. The molecule has 7 nitrogen and oxygen atoms in total. The number of H-pyrrole nitrogens is 2. The first-order valence-electron chi connectivity index (χ1n) is 6.47. The second-order valence-corrected chi connectivity index (χ2v) is 4.90. The number of aromatic amines is 2. The number of aryl methyl sites for hydroxylation is 3. The summed E-state index contributed by atoms with van der Waals surface area (Å²) in [5.74, 6) is -0.136. The minimum atomic E-state index is -0.177. The third-order valence-electron chi connectivity index (χ3n) is 3.44. The highest BCUT2D eigenvalue weighted by Crippen LogP contribution is 2.16. The van der Waals surface area contributed by atoms with Gasteiger partial charge in [-0.05, 0) is 27.7 Å². The molecule has 2 aromatic heterocycles. The van der Waals surface area contributed by atoms with E-state index in [2.05, 4.69) is 20.5 Å². The lowest BCUT2D eigenvalue weighted by Crippen LogP contribution is -2.22. The third kappa shape index (κ3) is 2.66. The van der Waals surface area contributed by atoms with Crippen molar-refractivity contribution in [1.29, 1.82) is 0 Å². The van der Waals surface area contributed by atoms with E-state index in [1.54, 1.807) is 4.57 Å².